The Balaban J connectivity index is 2.73. The maximum Gasteiger partial charge on any atom is 0.416 e. The molecular formula is C13H17F3O2. The normalized spacial score (nSPS) is 15.4. The molecular weight excluding hydrogens is 245 g/mol. The fraction of sp³-hybridized carbons (Fsp3) is 0.538. The Hall–Kier alpha value is -1.07. The van der Waals surface area contributed by atoms with Gasteiger partial charge in [0.1, 0.15) is 0 Å². The summed E-state index contributed by atoms with van der Waals surface area (Å²) in [4.78, 5) is 0. The molecule has 0 aromatic heterocycles. The molecule has 0 bridgehead atoms. The zero-order valence-electron chi connectivity index (χ0n) is 10.4. The molecule has 1 aromatic rings. The first kappa shape index (κ1) is 15.0. The molecule has 0 radical (unpaired) electrons. The monoisotopic (exact) mass is 262 g/mol. The van der Waals surface area contributed by atoms with Crippen LogP contribution >= 0.6 is 0 Å². The van der Waals surface area contributed by atoms with Crippen molar-refractivity contribution in [2.75, 3.05) is 6.61 Å². The molecule has 1 rings (SSSR count). The quantitative estimate of drug-likeness (QED) is 0.883. The topological polar surface area (TPSA) is 29.5 Å². The number of alkyl halides is 3. The largest absolute Gasteiger partial charge is 0.416 e. The van der Waals surface area contributed by atoms with Crippen LogP contribution in [-0.2, 0) is 17.3 Å². The van der Waals surface area contributed by atoms with Gasteiger partial charge in [-0.1, -0.05) is 18.2 Å². The number of aliphatic hydroxyl groups excluding tert-OH is 1. The van der Waals surface area contributed by atoms with E-state index in [-0.39, 0.29) is 6.42 Å². The van der Waals surface area contributed by atoms with E-state index in [1.54, 1.807) is 19.9 Å². The summed E-state index contributed by atoms with van der Waals surface area (Å²) in [6.07, 6.45) is -5.42. The highest BCUT2D eigenvalue weighted by molar-refractivity contribution is 5.26. The lowest BCUT2D eigenvalue weighted by Gasteiger charge is -2.19. The van der Waals surface area contributed by atoms with Crippen molar-refractivity contribution in [3.05, 3.63) is 35.4 Å². The molecule has 0 saturated heterocycles. The van der Waals surface area contributed by atoms with Gasteiger partial charge in [0.15, 0.2) is 0 Å². The van der Waals surface area contributed by atoms with E-state index in [2.05, 4.69) is 0 Å². The van der Waals surface area contributed by atoms with Crippen molar-refractivity contribution in [3.63, 3.8) is 0 Å². The minimum atomic E-state index is -4.35. The fourth-order valence-corrected chi connectivity index (χ4v) is 1.66. The summed E-state index contributed by atoms with van der Waals surface area (Å²) < 4.78 is 42.7. The lowest BCUT2D eigenvalue weighted by molar-refractivity contribution is -0.137. The minimum absolute atomic E-state index is 0.144. The molecule has 2 nitrogen and oxygen atoms in total. The van der Waals surface area contributed by atoms with Crippen LogP contribution in [0.25, 0.3) is 0 Å². The second kappa shape index (κ2) is 6.20. The number of hydrogen-bond donors (Lipinski definition) is 1. The average Bonchev–Trinajstić information content (AvgIpc) is 2.28. The van der Waals surface area contributed by atoms with Crippen molar-refractivity contribution < 1.29 is 23.0 Å². The number of benzene rings is 1. The molecule has 0 aliphatic heterocycles. The molecule has 2 atom stereocenters. The van der Waals surface area contributed by atoms with Gasteiger partial charge in [-0.05, 0) is 25.5 Å². The Kier molecular flexibility index (Phi) is 5.16. The van der Waals surface area contributed by atoms with Gasteiger partial charge in [-0.25, -0.2) is 0 Å². The maximum atomic E-state index is 12.5. The van der Waals surface area contributed by atoms with E-state index in [4.69, 9.17) is 4.74 Å². The molecule has 2 unspecified atom stereocenters. The van der Waals surface area contributed by atoms with Gasteiger partial charge in [-0.15, -0.1) is 0 Å². The summed E-state index contributed by atoms with van der Waals surface area (Å²) in [5.74, 6) is 0. The van der Waals surface area contributed by atoms with E-state index in [0.717, 1.165) is 12.1 Å². The summed E-state index contributed by atoms with van der Waals surface area (Å²) in [6.45, 7) is 3.95. The second-order valence-corrected chi connectivity index (χ2v) is 4.13. The summed E-state index contributed by atoms with van der Waals surface area (Å²) in [6, 6.07) is 4.98. The van der Waals surface area contributed by atoms with Gasteiger partial charge >= 0.3 is 6.18 Å². The average molecular weight is 262 g/mol. The number of hydrogen-bond acceptors (Lipinski definition) is 2. The van der Waals surface area contributed by atoms with Crippen molar-refractivity contribution in [2.45, 2.75) is 38.7 Å². The lowest BCUT2D eigenvalue weighted by Crippen LogP contribution is -2.28. The van der Waals surface area contributed by atoms with E-state index < -0.39 is 23.9 Å². The molecule has 0 aliphatic rings. The highest BCUT2D eigenvalue weighted by Crippen LogP contribution is 2.29. The molecule has 18 heavy (non-hydrogen) atoms. The predicted octanol–water partition coefficient (Wildman–Crippen LogP) is 3.03. The Morgan fingerprint density at radius 3 is 2.56 bits per heavy atom. The van der Waals surface area contributed by atoms with Crippen LogP contribution in [0.1, 0.15) is 25.0 Å². The third kappa shape index (κ3) is 4.31. The molecule has 0 fully saturated rings. The first-order valence-electron chi connectivity index (χ1n) is 5.80. The summed E-state index contributed by atoms with van der Waals surface area (Å²) in [7, 11) is 0. The summed E-state index contributed by atoms with van der Waals surface area (Å²) >= 11 is 0. The van der Waals surface area contributed by atoms with Gasteiger partial charge < -0.3 is 9.84 Å². The first-order chi connectivity index (χ1) is 8.34. The van der Waals surface area contributed by atoms with Gasteiger partial charge in [0.2, 0.25) is 0 Å². The minimum Gasteiger partial charge on any atom is -0.390 e. The highest BCUT2D eigenvalue weighted by atomic mass is 19.4. The van der Waals surface area contributed by atoms with Crippen molar-refractivity contribution in [1.82, 2.24) is 0 Å². The lowest BCUT2D eigenvalue weighted by atomic mass is 10.0. The number of halogens is 3. The molecule has 1 aromatic carbocycles. The van der Waals surface area contributed by atoms with Crippen molar-refractivity contribution >= 4 is 0 Å². The van der Waals surface area contributed by atoms with Gasteiger partial charge in [-0.2, -0.15) is 13.2 Å². The van der Waals surface area contributed by atoms with E-state index in [1.165, 1.54) is 6.07 Å². The molecule has 0 amide bonds. The first-order valence-corrected chi connectivity index (χ1v) is 5.80. The Morgan fingerprint density at radius 1 is 1.33 bits per heavy atom. The molecule has 5 heteroatoms. The zero-order chi connectivity index (χ0) is 13.8. The number of rotatable bonds is 5. The van der Waals surface area contributed by atoms with Crippen LogP contribution in [0.15, 0.2) is 24.3 Å². The van der Waals surface area contributed by atoms with Crippen molar-refractivity contribution in [1.29, 1.82) is 0 Å². The van der Waals surface area contributed by atoms with Crippen LogP contribution in [-0.4, -0.2) is 23.9 Å². The van der Waals surface area contributed by atoms with Crippen LogP contribution in [0.2, 0.25) is 0 Å². The summed E-state index contributed by atoms with van der Waals surface area (Å²) in [5.41, 5.74) is -0.250. The van der Waals surface area contributed by atoms with Crippen molar-refractivity contribution in [2.24, 2.45) is 0 Å². The van der Waals surface area contributed by atoms with Gasteiger partial charge in [0, 0.05) is 13.0 Å². The molecule has 0 spiro atoms. The molecule has 102 valence electrons. The maximum absolute atomic E-state index is 12.5. The highest BCUT2D eigenvalue weighted by Gasteiger charge is 2.30. The van der Waals surface area contributed by atoms with Crippen molar-refractivity contribution in [3.8, 4) is 0 Å². The SMILES string of the molecule is CCOC(C)C(O)Cc1cccc(C(F)(F)F)c1. The number of aliphatic hydroxyl groups is 1. The van der Waals surface area contributed by atoms with E-state index >= 15 is 0 Å². The van der Waals surface area contributed by atoms with Crippen LogP contribution < -0.4 is 0 Å². The Morgan fingerprint density at radius 2 is 2.00 bits per heavy atom. The Bertz CT molecular complexity index is 377. The van der Waals surface area contributed by atoms with Crippen LogP contribution in [0.3, 0.4) is 0 Å². The van der Waals surface area contributed by atoms with Crippen LogP contribution in [0, 0.1) is 0 Å². The third-order valence-electron chi connectivity index (χ3n) is 2.67. The van der Waals surface area contributed by atoms with E-state index in [0.29, 0.717) is 12.2 Å². The Labute approximate surface area is 104 Å². The molecule has 0 saturated carbocycles. The summed E-state index contributed by atoms with van der Waals surface area (Å²) in [5, 5.41) is 9.79. The van der Waals surface area contributed by atoms with Gasteiger partial charge in [0.05, 0.1) is 17.8 Å². The zero-order valence-corrected chi connectivity index (χ0v) is 10.4. The predicted molar refractivity (Wildman–Crippen MR) is 62.2 cm³/mol. The standard InChI is InChI=1S/C13H17F3O2/c1-3-18-9(2)12(17)8-10-5-4-6-11(7-10)13(14,15)16/h4-7,9,12,17H,3,8H2,1-2H3. The fourth-order valence-electron chi connectivity index (χ4n) is 1.66. The van der Waals surface area contributed by atoms with Crippen LogP contribution in [0.4, 0.5) is 13.2 Å². The van der Waals surface area contributed by atoms with E-state index in [9.17, 15) is 18.3 Å². The van der Waals surface area contributed by atoms with Crippen LogP contribution in [0.5, 0.6) is 0 Å². The van der Waals surface area contributed by atoms with Gasteiger partial charge in [0.25, 0.3) is 0 Å². The van der Waals surface area contributed by atoms with E-state index in [1.807, 2.05) is 0 Å². The molecule has 1 N–H and O–H groups in total. The smallest absolute Gasteiger partial charge is 0.390 e. The molecule has 0 heterocycles. The third-order valence-corrected chi connectivity index (χ3v) is 2.67. The van der Waals surface area contributed by atoms with Gasteiger partial charge in [-0.3, -0.25) is 0 Å². The second-order valence-electron chi connectivity index (χ2n) is 4.13. The number of ether oxygens (including phenoxy) is 1. The molecule has 0 aliphatic carbocycles.